The molecule has 0 saturated heterocycles. The molecule has 0 fully saturated rings. The van der Waals surface area contributed by atoms with Crippen LogP contribution in [0.25, 0.3) is 9.40 Å². The van der Waals surface area contributed by atoms with Gasteiger partial charge in [-0.25, -0.2) is 0 Å². The Morgan fingerprint density at radius 2 is 2.36 bits per heavy atom. The monoisotopic (exact) mass is 183 g/mol. The van der Waals surface area contributed by atoms with Crippen LogP contribution in [-0.4, -0.2) is 12.7 Å². The van der Waals surface area contributed by atoms with Crippen molar-refractivity contribution >= 4 is 39.8 Å². The minimum atomic E-state index is 0.704. The van der Waals surface area contributed by atoms with Crippen molar-refractivity contribution in [1.29, 1.82) is 0 Å². The van der Waals surface area contributed by atoms with E-state index in [2.05, 4.69) is 0 Å². The summed E-state index contributed by atoms with van der Waals surface area (Å²) in [7, 11) is 0.704. The molecule has 0 aliphatic rings. The fourth-order valence-corrected chi connectivity index (χ4v) is 2.77. The van der Waals surface area contributed by atoms with Crippen LogP contribution in [0.15, 0.2) is 17.5 Å². The molecule has 1 N–H and O–H groups in total. The average Bonchev–Trinajstić information content (AvgIpc) is 2.46. The molecule has 0 saturated carbocycles. The van der Waals surface area contributed by atoms with E-state index in [1.54, 1.807) is 11.3 Å². The van der Waals surface area contributed by atoms with E-state index in [0.717, 1.165) is 5.06 Å². The molecule has 5 heteroatoms. The van der Waals surface area contributed by atoms with Crippen LogP contribution in [0, 0.1) is 0 Å². The quantitative estimate of drug-likeness (QED) is 0.720. The summed E-state index contributed by atoms with van der Waals surface area (Å²) in [4.78, 5) is 0. The zero-order valence-electron chi connectivity index (χ0n) is 5.48. The maximum Gasteiger partial charge on any atom is 0.569 e. The lowest BCUT2D eigenvalue weighted by atomic mass is 10.4. The Kier molecular flexibility index (Phi) is 1.85. The van der Waals surface area contributed by atoms with Crippen LogP contribution in [-0.2, 0) is 0 Å². The molecular formula is C6H4BO2S2. The first-order chi connectivity index (χ1) is 5.40. The molecule has 0 spiro atoms. The van der Waals surface area contributed by atoms with Crippen molar-refractivity contribution < 1.29 is 9.68 Å². The highest BCUT2D eigenvalue weighted by molar-refractivity contribution is 7.27. The first-order valence-electron chi connectivity index (χ1n) is 3.00. The molecule has 0 aromatic carbocycles. The molecule has 2 nitrogen and oxygen atoms in total. The summed E-state index contributed by atoms with van der Waals surface area (Å²) in [5, 5.41) is 11.1. The average molecular weight is 183 g/mol. The number of hydrogen-bond donors (Lipinski definition) is 1. The molecule has 11 heavy (non-hydrogen) atoms. The molecule has 2 aromatic heterocycles. The predicted octanol–water partition coefficient (Wildman–Crippen LogP) is 1.87. The van der Waals surface area contributed by atoms with Gasteiger partial charge in [-0.05, 0) is 11.4 Å². The normalized spacial score (nSPS) is 10.3. The molecule has 0 bridgehead atoms. The smallest absolute Gasteiger partial charge is 0.530 e. The van der Waals surface area contributed by atoms with E-state index >= 15 is 0 Å². The maximum absolute atomic E-state index is 8.35. The molecule has 0 aliphatic carbocycles. The van der Waals surface area contributed by atoms with Gasteiger partial charge in [-0.1, -0.05) is 11.3 Å². The SMILES string of the molecule is O[B]Oc1cc2sccc2s1. The first-order valence-corrected chi connectivity index (χ1v) is 4.69. The van der Waals surface area contributed by atoms with Crippen molar-refractivity contribution in [3.05, 3.63) is 17.5 Å². The van der Waals surface area contributed by atoms with Crippen LogP contribution in [0.1, 0.15) is 0 Å². The molecule has 2 aromatic rings. The van der Waals surface area contributed by atoms with E-state index < -0.39 is 0 Å². The fraction of sp³-hybridized carbons (Fsp3) is 0. The number of thiophene rings is 2. The third kappa shape index (κ3) is 1.27. The Balaban J connectivity index is 2.42. The Morgan fingerprint density at radius 3 is 3.09 bits per heavy atom. The molecular weight excluding hydrogens is 179 g/mol. The van der Waals surface area contributed by atoms with E-state index in [1.165, 1.54) is 20.7 Å². The summed E-state index contributed by atoms with van der Waals surface area (Å²) in [6, 6.07) is 3.95. The van der Waals surface area contributed by atoms with Crippen molar-refractivity contribution in [1.82, 2.24) is 0 Å². The van der Waals surface area contributed by atoms with Crippen LogP contribution in [0.2, 0.25) is 0 Å². The van der Waals surface area contributed by atoms with E-state index in [1.807, 2.05) is 17.5 Å². The molecule has 2 heterocycles. The van der Waals surface area contributed by atoms with Gasteiger partial charge in [0.2, 0.25) is 0 Å². The Bertz CT molecular complexity index is 325. The van der Waals surface area contributed by atoms with Crippen molar-refractivity contribution in [3.63, 3.8) is 0 Å². The van der Waals surface area contributed by atoms with Crippen molar-refractivity contribution in [2.75, 3.05) is 0 Å². The number of hydrogen-bond acceptors (Lipinski definition) is 4. The minimum absolute atomic E-state index is 0.704. The summed E-state index contributed by atoms with van der Waals surface area (Å²) >= 11 is 3.19. The van der Waals surface area contributed by atoms with Crippen molar-refractivity contribution in [2.24, 2.45) is 0 Å². The summed E-state index contributed by atoms with van der Waals surface area (Å²) in [6.07, 6.45) is 0. The van der Waals surface area contributed by atoms with Crippen LogP contribution in [0.3, 0.4) is 0 Å². The summed E-state index contributed by atoms with van der Waals surface area (Å²) in [5.74, 6) is 0. The first kappa shape index (κ1) is 7.15. The second-order valence-electron chi connectivity index (χ2n) is 1.94. The van der Waals surface area contributed by atoms with Gasteiger partial charge in [-0.3, -0.25) is 0 Å². The van der Waals surface area contributed by atoms with Gasteiger partial charge < -0.3 is 9.68 Å². The Labute approximate surface area is 72.4 Å². The lowest BCUT2D eigenvalue weighted by molar-refractivity contribution is 0.461. The Morgan fingerprint density at radius 1 is 1.45 bits per heavy atom. The fourth-order valence-electron chi connectivity index (χ4n) is 0.854. The zero-order chi connectivity index (χ0) is 7.68. The third-order valence-corrected chi connectivity index (χ3v) is 3.27. The van der Waals surface area contributed by atoms with E-state index in [0.29, 0.717) is 7.69 Å². The van der Waals surface area contributed by atoms with Crippen LogP contribution in [0.5, 0.6) is 5.06 Å². The molecule has 0 aliphatic heterocycles. The predicted molar refractivity (Wildman–Crippen MR) is 48.3 cm³/mol. The number of fused-ring (bicyclic) bond motifs is 1. The van der Waals surface area contributed by atoms with Gasteiger partial charge in [0.1, 0.15) is 0 Å². The molecule has 0 amide bonds. The van der Waals surface area contributed by atoms with Crippen LogP contribution < -0.4 is 4.65 Å². The highest BCUT2D eigenvalue weighted by Crippen LogP contribution is 2.34. The van der Waals surface area contributed by atoms with E-state index in [9.17, 15) is 0 Å². The Hall–Kier alpha value is -0.515. The van der Waals surface area contributed by atoms with Crippen molar-refractivity contribution in [3.8, 4) is 5.06 Å². The standard InChI is InChI=1S/C6H4BO2S2/c8-7-9-6-3-5-4(11-6)1-2-10-5/h1-3,8H. The van der Waals surface area contributed by atoms with Gasteiger partial charge in [0.05, 0.1) is 0 Å². The van der Waals surface area contributed by atoms with Gasteiger partial charge in [0.25, 0.3) is 0 Å². The lowest BCUT2D eigenvalue weighted by Crippen LogP contribution is -1.97. The third-order valence-electron chi connectivity index (χ3n) is 1.29. The molecule has 2 rings (SSSR count). The summed E-state index contributed by atoms with van der Waals surface area (Å²) < 4.78 is 7.21. The van der Waals surface area contributed by atoms with Crippen LogP contribution >= 0.6 is 22.7 Å². The van der Waals surface area contributed by atoms with E-state index in [-0.39, 0.29) is 0 Å². The van der Waals surface area contributed by atoms with Crippen LogP contribution in [0.4, 0.5) is 0 Å². The maximum atomic E-state index is 8.35. The minimum Gasteiger partial charge on any atom is -0.530 e. The van der Waals surface area contributed by atoms with Gasteiger partial charge in [-0.2, -0.15) is 0 Å². The molecule has 0 atom stereocenters. The van der Waals surface area contributed by atoms with Gasteiger partial charge in [0, 0.05) is 15.5 Å². The highest BCUT2D eigenvalue weighted by atomic mass is 32.1. The molecule has 55 valence electrons. The highest BCUT2D eigenvalue weighted by Gasteiger charge is 2.02. The van der Waals surface area contributed by atoms with Gasteiger partial charge in [-0.15, -0.1) is 11.3 Å². The van der Waals surface area contributed by atoms with Gasteiger partial charge >= 0.3 is 7.69 Å². The summed E-state index contributed by atoms with van der Waals surface area (Å²) in [5.41, 5.74) is 0. The second-order valence-corrected chi connectivity index (χ2v) is 3.93. The van der Waals surface area contributed by atoms with E-state index in [4.69, 9.17) is 9.68 Å². The topological polar surface area (TPSA) is 29.5 Å². The molecule has 0 unspecified atom stereocenters. The summed E-state index contributed by atoms with van der Waals surface area (Å²) in [6.45, 7) is 0. The zero-order valence-corrected chi connectivity index (χ0v) is 7.11. The lowest BCUT2D eigenvalue weighted by Gasteiger charge is -1.91. The van der Waals surface area contributed by atoms with Crippen molar-refractivity contribution in [2.45, 2.75) is 0 Å². The van der Waals surface area contributed by atoms with Gasteiger partial charge in [0.15, 0.2) is 5.06 Å². The largest absolute Gasteiger partial charge is 0.569 e. The second kappa shape index (κ2) is 2.85. The molecule has 1 radical (unpaired) electrons. The number of rotatable bonds is 2.